The van der Waals surface area contributed by atoms with Crippen molar-refractivity contribution in [3.05, 3.63) is 53.6 Å². The number of anilines is 2. The second kappa shape index (κ2) is 12.9. The molecule has 11 heteroatoms. The van der Waals surface area contributed by atoms with Crippen molar-refractivity contribution in [2.45, 2.75) is 56.7 Å². The van der Waals surface area contributed by atoms with Crippen molar-refractivity contribution in [3.63, 3.8) is 0 Å². The van der Waals surface area contributed by atoms with Gasteiger partial charge in [-0.15, -0.1) is 11.6 Å². The van der Waals surface area contributed by atoms with Crippen molar-refractivity contribution < 1.29 is 28.7 Å². The molecule has 3 heterocycles. The van der Waals surface area contributed by atoms with E-state index < -0.39 is 6.23 Å². The van der Waals surface area contributed by atoms with E-state index in [1.54, 1.807) is 41.0 Å². The fourth-order valence-electron chi connectivity index (χ4n) is 6.93. The molecule has 0 bridgehead atoms. The van der Waals surface area contributed by atoms with Gasteiger partial charge in [0.15, 0.2) is 20.0 Å². The minimum atomic E-state index is -0.797. The van der Waals surface area contributed by atoms with Crippen LogP contribution in [-0.4, -0.2) is 73.8 Å². The van der Waals surface area contributed by atoms with Crippen LogP contribution in [0, 0.1) is 0 Å². The first kappa shape index (κ1) is 30.6. The van der Waals surface area contributed by atoms with Gasteiger partial charge in [-0.05, 0) is 60.6 Å². The number of ether oxygens (including phenoxy) is 2. The minimum absolute atomic E-state index is 0.0226. The summed E-state index contributed by atoms with van der Waals surface area (Å²) in [6.45, 7) is 1.57. The number of aliphatic hydroxyl groups is 1. The molecule has 6 rings (SSSR count). The molecule has 1 saturated heterocycles. The van der Waals surface area contributed by atoms with Gasteiger partial charge in [-0.25, -0.2) is 0 Å². The van der Waals surface area contributed by atoms with Gasteiger partial charge in [0.1, 0.15) is 6.23 Å². The van der Waals surface area contributed by atoms with Crippen LogP contribution in [0.5, 0.6) is 11.5 Å². The lowest BCUT2D eigenvalue weighted by atomic mass is 9.96. The first-order chi connectivity index (χ1) is 21.4. The molecule has 3 aliphatic rings. The van der Waals surface area contributed by atoms with Gasteiger partial charge in [-0.2, -0.15) is 0 Å². The van der Waals surface area contributed by atoms with E-state index in [1.807, 2.05) is 30.3 Å². The van der Waals surface area contributed by atoms with Crippen LogP contribution in [-0.2, 0) is 9.36 Å². The molecule has 1 fully saturated rings. The maximum Gasteiger partial charge on any atom is 0.256 e. The molecule has 1 unspecified atom stereocenters. The third kappa shape index (κ3) is 5.40. The molecular formula is C33H37ClN3O6P. The second-order valence-electron chi connectivity index (χ2n) is 11.7. The summed E-state index contributed by atoms with van der Waals surface area (Å²) < 4.78 is 23.6. The number of hydrogen-bond donors (Lipinski definition) is 1. The molecule has 0 spiro atoms. The van der Waals surface area contributed by atoms with E-state index in [2.05, 4.69) is 0 Å². The summed E-state index contributed by atoms with van der Waals surface area (Å²) >= 11 is 6.35. The number of nitrogens with zero attached hydrogens (tertiary/aromatic N) is 3. The van der Waals surface area contributed by atoms with Gasteiger partial charge in [0, 0.05) is 50.1 Å². The number of rotatable bonds is 10. The zero-order chi connectivity index (χ0) is 31.0. The summed E-state index contributed by atoms with van der Waals surface area (Å²) in [7, 11) is 3.26. The number of methoxy groups -OCH3 is 1. The van der Waals surface area contributed by atoms with E-state index in [4.69, 9.17) is 21.1 Å². The van der Waals surface area contributed by atoms with Crippen LogP contribution >= 0.6 is 20.1 Å². The Hall–Kier alpha value is -3.39. The van der Waals surface area contributed by atoms with Crippen LogP contribution in [0.15, 0.2) is 42.5 Å². The van der Waals surface area contributed by atoms with Gasteiger partial charge in [0.05, 0.1) is 36.3 Å². The summed E-state index contributed by atoms with van der Waals surface area (Å²) in [6, 6.07) is 13.0. The molecule has 3 atom stereocenters. The number of carbonyl (C=O) groups excluding carboxylic acids is 2. The molecule has 3 aromatic carbocycles. The van der Waals surface area contributed by atoms with Gasteiger partial charge in [-0.3, -0.25) is 14.2 Å². The van der Waals surface area contributed by atoms with Crippen molar-refractivity contribution in [3.8, 4) is 11.5 Å². The molecule has 0 aromatic heterocycles. The summed E-state index contributed by atoms with van der Waals surface area (Å²) in [5, 5.41) is 13.6. The summed E-state index contributed by atoms with van der Waals surface area (Å²) in [5.74, 6) is 1.34. The summed E-state index contributed by atoms with van der Waals surface area (Å²) in [6.07, 6.45) is 3.44. The average molecular weight is 638 g/mol. The van der Waals surface area contributed by atoms with E-state index in [9.17, 15) is 19.3 Å². The Kier molecular flexibility index (Phi) is 8.99. The van der Waals surface area contributed by atoms with E-state index in [0.29, 0.717) is 66.5 Å². The number of likely N-dealkylation sites (N-methyl/N-ethyl adjacent to an activating group) is 1. The Morgan fingerprint density at radius 3 is 2.64 bits per heavy atom. The standard InChI is InChI=1S/C33H37ClN3O6P/c1-35-25-16-28(27(42-2)15-23(25)32(39)36-13-8-11-24(36)33(35)40)43-14-7-3-4-12-30(38)37-19-20(18-34)31-22-10-6-5-9-21(22)29(44-41)17-26(31)37/h5-6,9-10,15-17,20,24,33,40H,3-4,7-8,11-14,18-19H2,1-2H3/t20-,24+,33?/m1/s1. The number of unbranched alkanes of at least 4 members (excludes halogenated alkanes) is 2. The van der Waals surface area contributed by atoms with Crippen LogP contribution in [0.3, 0.4) is 0 Å². The van der Waals surface area contributed by atoms with Crippen molar-refractivity contribution in [2.24, 2.45) is 0 Å². The topological polar surface area (TPSA) is 99.6 Å². The number of aliphatic hydroxyl groups excluding tert-OH is 1. The second-order valence-corrected chi connectivity index (χ2v) is 12.7. The van der Waals surface area contributed by atoms with Crippen LogP contribution in [0.25, 0.3) is 10.8 Å². The lowest BCUT2D eigenvalue weighted by Crippen LogP contribution is -2.47. The molecule has 44 heavy (non-hydrogen) atoms. The van der Waals surface area contributed by atoms with Crippen molar-refractivity contribution >= 4 is 59.3 Å². The molecule has 9 nitrogen and oxygen atoms in total. The predicted molar refractivity (Wildman–Crippen MR) is 172 cm³/mol. The van der Waals surface area contributed by atoms with Crippen LogP contribution in [0.4, 0.5) is 11.4 Å². The van der Waals surface area contributed by atoms with Gasteiger partial charge in [-0.1, -0.05) is 24.3 Å². The maximum absolute atomic E-state index is 13.4. The maximum atomic E-state index is 13.4. The molecule has 3 aliphatic heterocycles. The smallest absolute Gasteiger partial charge is 0.256 e. The summed E-state index contributed by atoms with van der Waals surface area (Å²) in [5.41, 5.74) is 2.98. The van der Waals surface area contributed by atoms with Crippen molar-refractivity contribution in [1.29, 1.82) is 0 Å². The highest BCUT2D eigenvalue weighted by Crippen LogP contribution is 2.43. The highest BCUT2D eigenvalue weighted by Gasteiger charge is 2.41. The third-order valence-electron chi connectivity index (χ3n) is 9.22. The van der Waals surface area contributed by atoms with Crippen LogP contribution < -0.4 is 24.6 Å². The van der Waals surface area contributed by atoms with E-state index >= 15 is 0 Å². The lowest BCUT2D eigenvalue weighted by Gasteiger charge is -2.31. The van der Waals surface area contributed by atoms with E-state index in [-0.39, 0.29) is 32.2 Å². The normalized spacial score (nSPS) is 21.0. The summed E-state index contributed by atoms with van der Waals surface area (Å²) in [4.78, 5) is 32.0. The number of carbonyl (C=O) groups is 2. The molecule has 1 N–H and O–H groups in total. The Morgan fingerprint density at radius 2 is 1.89 bits per heavy atom. The van der Waals surface area contributed by atoms with Crippen LogP contribution in [0.1, 0.15) is 60.4 Å². The molecule has 2 amide bonds. The molecule has 0 radical (unpaired) electrons. The Morgan fingerprint density at radius 1 is 1.09 bits per heavy atom. The Labute approximate surface area is 263 Å². The van der Waals surface area contributed by atoms with Crippen LogP contribution in [0.2, 0.25) is 0 Å². The minimum Gasteiger partial charge on any atom is -0.493 e. The van der Waals surface area contributed by atoms with Gasteiger partial charge >= 0.3 is 0 Å². The van der Waals surface area contributed by atoms with Gasteiger partial charge in [0.25, 0.3) is 5.91 Å². The first-order valence-electron chi connectivity index (χ1n) is 15.2. The van der Waals surface area contributed by atoms with Gasteiger partial charge < -0.3 is 29.3 Å². The Bertz CT molecular complexity index is 1600. The SMILES string of the molecule is COc1cc2c(cc1OCCCCCC(=O)N1C[C@@H](CCl)c3c1cc(P=O)c1ccccc31)N(C)C(O)[C@@H]1CCCN1C2=O. The van der Waals surface area contributed by atoms with E-state index in [0.717, 1.165) is 47.7 Å². The highest BCUT2D eigenvalue weighted by molar-refractivity contribution is 7.35. The zero-order valence-corrected chi connectivity index (χ0v) is 26.7. The molecule has 0 aliphatic carbocycles. The Balaban J connectivity index is 1.07. The number of benzene rings is 3. The molecule has 232 valence electrons. The lowest BCUT2D eigenvalue weighted by molar-refractivity contribution is -0.118. The fraction of sp³-hybridized carbons (Fsp3) is 0.455. The number of amides is 2. The first-order valence-corrected chi connectivity index (χ1v) is 16.5. The zero-order valence-electron chi connectivity index (χ0n) is 25.0. The molecule has 0 saturated carbocycles. The predicted octanol–water partition coefficient (Wildman–Crippen LogP) is 5.45. The molecular weight excluding hydrogens is 601 g/mol. The van der Waals surface area contributed by atoms with Gasteiger partial charge in [0.2, 0.25) is 5.91 Å². The molecule has 3 aromatic rings. The highest BCUT2D eigenvalue weighted by atomic mass is 35.5. The van der Waals surface area contributed by atoms with E-state index in [1.165, 1.54) is 0 Å². The monoisotopic (exact) mass is 637 g/mol. The van der Waals surface area contributed by atoms with Crippen molar-refractivity contribution in [2.75, 3.05) is 49.5 Å². The number of halogens is 1. The fourth-order valence-corrected chi connectivity index (χ4v) is 7.65. The quantitative estimate of drug-likeness (QED) is 0.179. The number of hydrogen-bond acceptors (Lipinski definition) is 7. The third-order valence-corrected chi connectivity index (χ3v) is 10.2. The van der Waals surface area contributed by atoms with Crippen molar-refractivity contribution in [1.82, 2.24) is 4.90 Å². The number of alkyl halides is 1. The average Bonchev–Trinajstić information content (AvgIpc) is 3.68. The largest absolute Gasteiger partial charge is 0.493 e. The number of fused-ring (bicyclic) bond motifs is 5.